The van der Waals surface area contributed by atoms with Crippen molar-refractivity contribution in [1.29, 1.82) is 5.26 Å². The Balaban J connectivity index is 2.07. The zero-order valence-electron chi connectivity index (χ0n) is 9.87. The summed E-state index contributed by atoms with van der Waals surface area (Å²) in [6.07, 6.45) is 8.28. The van der Waals surface area contributed by atoms with E-state index >= 15 is 0 Å². The van der Waals surface area contributed by atoms with Gasteiger partial charge in [0.2, 0.25) is 5.91 Å². The normalized spacial score (nSPS) is 24.8. The summed E-state index contributed by atoms with van der Waals surface area (Å²) in [6.45, 7) is 1.73. The fourth-order valence-corrected chi connectivity index (χ4v) is 2.93. The topological polar surface area (TPSA) is 44.1 Å². The molecule has 0 radical (unpaired) electrons. The van der Waals surface area contributed by atoms with Gasteiger partial charge >= 0.3 is 0 Å². The van der Waals surface area contributed by atoms with Gasteiger partial charge in [-0.1, -0.05) is 25.7 Å². The summed E-state index contributed by atoms with van der Waals surface area (Å²) < 4.78 is 0. The highest BCUT2D eigenvalue weighted by Gasteiger charge is 2.43. The fourth-order valence-electron chi connectivity index (χ4n) is 2.93. The average Bonchev–Trinajstić information content (AvgIpc) is 2.64. The summed E-state index contributed by atoms with van der Waals surface area (Å²) in [4.78, 5) is 14.4. The standard InChI is InChI=1S/C13H20N2O/c14-11-13(7-3-4-8-13)12(16)15-9-5-1-2-6-10-15/h1-10H2. The van der Waals surface area contributed by atoms with Crippen molar-refractivity contribution in [2.75, 3.05) is 13.1 Å². The molecule has 2 fully saturated rings. The van der Waals surface area contributed by atoms with Crippen LogP contribution in [0.25, 0.3) is 0 Å². The number of rotatable bonds is 1. The molecule has 1 saturated heterocycles. The van der Waals surface area contributed by atoms with E-state index in [4.69, 9.17) is 0 Å². The molecule has 16 heavy (non-hydrogen) atoms. The Morgan fingerprint density at radius 3 is 2.06 bits per heavy atom. The Hall–Kier alpha value is -1.04. The van der Waals surface area contributed by atoms with Gasteiger partial charge in [0.1, 0.15) is 5.41 Å². The van der Waals surface area contributed by atoms with E-state index in [-0.39, 0.29) is 5.91 Å². The summed E-state index contributed by atoms with van der Waals surface area (Å²) in [5.41, 5.74) is -0.662. The van der Waals surface area contributed by atoms with E-state index in [9.17, 15) is 10.1 Å². The molecule has 3 heteroatoms. The number of carbonyl (C=O) groups excluding carboxylic acids is 1. The van der Waals surface area contributed by atoms with Crippen LogP contribution >= 0.6 is 0 Å². The second kappa shape index (κ2) is 4.86. The van der Waals surface area contributed by atoms with Crippen LogP contribution in [0.3, 0.4) is 0 Å². The van der Waals surface area contributed by atoms with Crippen molar-refractivity contribution in [2.45, 2.75) is 51.4 Å². The molecule has 1 amide bonds. The minimum absolute atomic E-state index is 0.120. The molecule has 1 aliphatic carbocycles. The Bertz CT molecular complexity index is 292. The van der Waals surface area contributed by atoms with Crippen molar-refractivity contribution in [3.05, 3.63) is 0 Å². The minimum Gasteiger partial charge on any atom is -0.341 e. The number of hydrogen-bond acceptors (Lipinski definition) is 2. The maximum atomic E-state index is 12.4. The van der Waals surface area contributed by atoms with Gasteiger partial charge in [0.05, 0.1) is 6.07 Å². The van der Waals surface area contributed by atoms with Gasteiger partial charge in [-0.2, -0.15) is 5.26 Å². The smallest absolute Gasteiger partial charge is 0.243 e. The molecule has 0 aromatic heterocycles. The maximum absolute atomic E-state index is 12.4. The van der Waals surface area contributed by atoms with Crippen molar-refractivity contribution in [3.63, 3.8) is 0 Å². The van der Waals surface area contributed by atoms with Gasteiger partial charge in [0, 0.05) is 13.1 Å². The molecular formula is C13H20N2O. The Labute approximate surface area is 97.4 Å². The number of hydrogen-bond donors (Lipinski definition) is 0. The number of amides is 1. The largest absolute Gasteiger partial charge is 0.341 e. The van der Waals surface area contributed by atoms with Gasteiger partial charge in [-0.15, -0.1) is 0 Å². The number of nitrogens with zero attached hydrogens (tertiary/aromatic N) is 2. The van der Waals surface area contributed by atoms with Crippen molar-refractivity contribution in [3.8, 4) is 6.07 Å². The van der Waals surface area contributed by atoms with Gasteiger partial charge in [-0.3, -0.25) is 4.79 Å². The first-order valence-corrected chi connectivity index (χ1v) is 6.49. The summed E-state index contributed by atoms with van der Waals surface area (Å²) in [5.74, 6) is 0.120. The molecule has 0 spiro atoms. The first-order valence-electron chi connectivity index (χ1n) is 6.49. The van der Waals surface area contributed by atoms with E-state index in [1.807, 2.05) is 4.90 Å². The van der Waals surface area contributed by atoms with Crippen LogP contribution in [0.1, 0.15) is 51.4 Å². The van der Waals surface area contributed by atoms with E-state index in [1.165, 1.54) is 12.8 Å². The third kappa shape index (κ3) is 2.07. The summed E-state index contributed by atoms with van der Waals surface area (Å²) in [5, 5.41) is 9.29. The van der Waals surface area contributed by atoms with Crippen LogP contribution in [-0.2, 0) is 4.79 Å². The summed E-state index contributed by atoms with van der Waals surface area (Å²) in [6, 6.07) is 2.30. The molecule has 1 heterocycles. The van der Waals surface area contributed by atoms with Crippen LogP contribution in [0, 0.1) is 16.7 Å². The van der Waals surface area contributed by atoms with Gasteiger partial charge in [0.25, 0.3) is 0 Å². The second-order valence-electron chi connectivity index (χ2n) is 5.11. The molecule has 1 aliphatic heterocycles. The molecule has 0 aromatic rings. The minimum atomic E-state index is -0.662. The summed E-state index contributed by atoms with van der Waals surface area (Å²) >= 11 is 0. The van der Waals surface area contributed by atoms with Crippen molar-refractivity contribution >= 4 is 5.91 Å². The Kier molecular flexibility index (Phi) is 3.48. The van der Waals surface area contributed by atoms with Crippen molar-refractivity contribution < 1.29 is 4.79 Å². The van der Waals surface area contributed by atoms with Crippen LogP contribution in [-0.4, -0.2) is 23.9 Å². The Morgan fingerprint density at radius 2 is 1.56 bits per heavy atom. The SMILES string of the molecule is N#CC1(C(=O)N2CCCCCC2)CCCC1. The molecule has 0 N–H and O–H groups in total. The van der Waals surface area contributed by atoms with Crippen LogP contribution in [0.5, 0.6) is 0 Å². The quantitative estimate of drug-likeness (QED) is 0.681. The number of nitriles is 1. The monoisotopic (exact) mass is 220 g/mol. The van der Waals surface area contributed by atoms with Gasteiger partial charge < -0.3 is 4.90 Å². The number of likely N-dealkylation sites (tertiary alicyclic amines) is 1. The van der Waals surface area contributed by atoms with Crippen LogP contribution in [0.2, 0.25) is 0 Å². The van der Waals surface area contributed by atoms with Gasteiger partial charge in [-0.05, 0) is 25.7 Å². The molecule has 0 aromatic carbocycles. The third-order valence-electron chi connectivity index (χ3n) is 3.97. The van der Waals surface area contributed by atoms with Crippen LogP contribution < -0.4 is 0 Å². The van der Waals surface area contributed by atoms with E-state index in [1.54, 1.807) is 0 Å². The molecule has 0 unspecified atom stereocenters. The third-order valence-corrected chi connectivity index (χ3v) is 3.97. The molecule has 3 nitrogen and oxygen atoms in total. The lowest BCUT2D eigenvalue weighted by Crippen LogP contribution is -2.42. The highest BCUT2D eigenvalue weighted by atomic mass is 16.2. The van der Waals surface area contributed by atoms with Gasteiger partial charge in [-0.25, -0.2) is 0 Å². The maximum Gasteiger partial charge on any atom is 0.243 e. The molecule has 88 valence electrons. The molecule has 0 atom stereocenters. The Morgan fingerprint density at radius 1 is 1.00 bits per heavy atom. The zero-order valence-corrected chi connectivity index (χ0v) is 9.87. The zero-order chi connectivity index (χ0) is 11.4. The van der Waals surface area contributed by atoms with Crippen LogP contribution in [0.15, 0.2) is 0 Å². The molecule has 1 saturated carbocycles. The fraction of sp³-hybridized carbons (Fsp3) is 0.846. The highest BCUT2D eigenvalue weighted by molar-refractivity contribution is 5.85. The number of carbonyl (C=O) groups is 1. The second-order valence-corrected chi connectivity index (χ2v) is 5.11. The predicted octanol–water partition coefficient (Wildman–Crippen LogP) is 2.47. The average molecular weight is 220 g/mol. The molecular weight excluding hydrogens is 200 g/mol. The van der Waals surface area contributed by atoms with E-state index in [0.717, 1.165) is 51.6 Å². The summed E-state index contributed by atoms with van der Waals surface area (Å²) in [7, 11) is 0. The molecule has 0 bridgehead atoms. The molecule has 2 aliphatic rings. The lowest BCUT2D eigenvalue weighted by molar-refractivity contribution is -0.138. The van der Waals surface area contributed by atoms with E-state index in [0.29, 0.717) is 0 Å². The predicted molar refractivity (Wildman–Crippen MR) is 61.6 cm³/mol. The molecule has 2 rings (SSSR count). The first-order chi connectivity index (χ1) is 7.78. The van der Waals surface area contributed by atoms with Gasteiger partial charge in [0.15, 0.2) is 0 Å². The lowest BCUT2D eigenvalue weighted by atomic mass is 9.86. The lowest BCUT2D eigenvalue weighted by Gasteiger charge is -2.28. The first kappa shape index (κ1) is 11.4. The van der Waals surface area contributed by atoms with E-state index < -0.39 is 5.41 Å². The van der Waals surface area contributed by atoms with Crippen LogP contribution in [0.4, 0.5) is 0 Å². The highest BCUT2D eigenvalue weighted by Crippen LogP contribution is 2.39. The van der Waals surface area contributed by atoms with Crippen molar-refractivity contribution in [2.24, 2.45) is 5.41 Å². The van der Waals surface area contributed by atoms with E-state index in [2.05, 4.69) is 6.07 Å². The van der Waals surface area contributed by atoms with Crippen molar-refractivity contribution in [1.82, 2.24) is 4.90 Å².